The molecule has 1 rings (SSSR count). The molecule has 1 unspecified atom stereocenters. The molecule has 1 heteroatoms. The Hall–Kier alpha value is -0.300. The lowest BCUT2D eigenvalue weighted by atomic mass is 9.74. The summed E-state index contributed by atoms with van der Waals surface area (Å²) >= 11 is 0. The van der Waals surface area contributed by atoms with E-state index in [1.54, 1.807) is 0 Å². The molecular formula is C11H20O. The van der Waals surface area contributed by atoms with Gasteiger partial charge in [0.15, 0.2) is 0 Å². The fourth-order valence-electron chi connectivity index (χ4n) is 1.95. The fourth-order valence-corrected chi connectivity index (χ4v) is 1.95. The average Bonchev–Trinajstić information content (AvgIpc) is 1.94. The average molecular weight is 168 g/mol. The molecule has 70 valence electrons. The number of hydrogen-bond acceptors (Lipinski definition) is 1. The van der Waals surface area contributed by atoms with Gasteiger partial charge in [-0.3, -0.25) is 0 Å². The maximum Gasteiger partial charge on any atom is 0.0724 e. The van der Waals surface area contributed by atoms with Crippen molar-refractivity contribution < 1.29 is 5.11 Å². The Labute approximate surface area is 75.5 Å². The summed E-state index contributed by atoms with van der Waals surface area (Å²) in [5.41, 5.74) is 1.52. The van der Waals surface area contributed by atoms with Gasteiger partial charge in [-0.25, -0.2) is 0 Å². The molecule has 1 N–H and O–H groups in total. The summed E-state index contributed by atoms with van der Waals surface area (Å²) in [5, 5.41) is 9.51. The molecule has 0 saturated heterocycles. The molecule has 0 amide bonds. The molecule has 12 heavy (non-hydrogen) atoms. The van der Waals surface area contributed by atoms with Crippen LogP contribution in [0.1, 0.15) is 40.5 Å². The van der Waals surface area contributed by atoms with Gasteiger partial charge >= 0.3 is 0 Å². The van der Waals surface area contributed by atoms with Crippen LogP contribution in [-0.2, 0) is 0 Å². The molecule has 1 aliphatic carbocycles. The minimum absolute atomic E-state index is 0.264. The van der Waals surface area contributed by atoms with Crippen LogP contribution in [0.2, 0.25) is 0 Å². The van der Waals surface area contributed by atoms with Gasteiger partial charge in [0, 0.05) is 0 Å². The van der Waals surface area contributed by atoms with Gasteiger partial charge in [-0.2, -0.15) is 0 Å². The van der Waals surface area contributed by atoms with Crippen molar-refractivity contribution in [1.82, 2.24) is 0 Å². The summed E-state index contributed by atoms with van der Waals surface area (Å²) in [6.45, 7) is 8.54. The van der Waals surface area contributed by atoms with Crippen molar-refractivity contribution in [1.29, 1.82) is 0 Å². The van der Waals surface area contributed by atoms with Gasteiger partial charge in [0.25, 0.3) is 0 Å². The standard InChI is InChI=1S/C11H20O/c1-8-5-6-11(3,4)7-10(8)9(2)12/h7-9,12H,5-6H2,1-4H3/t8-,9?/m1/s1. The maximum absolute atomic E-state index is 9.51. The van der Waals surface area contributed by atoms with E-state index in [1.807, 2.05) is 6.92 Å². The third-order valence-electron chi connectivity index (χ3n) is 2.83. The van der Waals surface area contributed by atoms with E-state index < -0.39 is 0 Å². The zero-order chi connectivity index (χ0) is 9.35. The van der Waals surface area contributed by atoms with Crippen molar-refractivity contribution in [2.24, 2.45) is 11.3 Å². The summed E-state index contributed by atoms with van der Waals surface area (Å²) in [6.07, 6.45) is 4.44. The number of aliphatic hydroxyl groups is 1. The summed E-state index contributed by atoms with van der Waals surface area (Å²) in [5.74, 6) is 0.568. The summed E-state index contributed by atoms with van der Waals surface area (Å²) < 4.78 is 0. The topological polar surface area (TPSA) is 20.2 Å². The first-order valence-electron chi connectivity index (χ1n) is 4.83. The molecule has 0 fully saturated rings. The van der Waals surface area contributed by atoms with E-state index in [4.69, 9.17) is 0 Å². The minimum atomic E-state index is -0.264. The van der Waals surface area contributed by atoms with E-state index >= 15 is 0 Å². The van der Waals surface area contributed by atoms with Crippen LogP contribution in [0.15, 0.2) is 11.6 Å². The van der Waals surface area contributed by atoms with E-state index in [1.165, 1.54) is 18.4 Å². The van der Waals surface area contributed by atoms with Gasteiger partial charge in [-0.1, -0.05) is 26.8 Å². The van der Waals surface area contributed by atoms with Crippen molar-refractivity contribution in [2.75, 3.05) is 0 Å². The van der Waals surface area contributed by atoms with Crippen LogP contribution in [0.3, 0.4) is 0 Å². The Bertz CT molecular complexity index is 189. The molecule has 0 radical (unpaired) electrons. The minimum Gasteiger partial charge on any atom is -0.389 e. The van der Waals surface area contributed by atoms with Crippen molar-refractivity contribution in [3.05, 3.63) is 11.6 Å². The molecule has 0 saturated carbocycles. The quantitative estimate of drug-likeness (QED) is 0.597. The molecule has 2 atom stereocenters. The number of aliphatic hydroxyl groups excluding tert-OH is 1. The second kappa shape index (κ2) is 3.21. The SMILES string of the molecule is CC(O)C1=CC(C)(C)CC[C@H]1C. The maximum atomic E-state index is 9.51. The first-order valence-corrected chi connectivity index (χ1v) is 4.83. The smallest absolute Gasteiger partial charge is 0.0724 e. The lowest BCUT2D eigenvalue weighted by Gasteiger charge is -2.32. The Kier molecular flexibility index (Phi) is 2.62. The zero-order valence-corrected chi connectivity index (χ0v) is 8.59. The van der Waals surface area contributed by atoms with Gasteiger partial charge in [-0.15, -0.1) is 0 Å². The molecule has 1 aliphatic rings. The molecule has 0 aliphatic heterocycles. The summed E-state index contributed by atoms with van der Waals surface area (Å²) in [6, 6.07) is 0. The first-order chi connectivity index (χ1) is 5.42. The van der Waals surface area contributed by atoms with Crippen LogP contribution in [0.4, 0.5) is 0 Å². The highest BCUT2D eigenvalue weighted by Crippen LogP contribution is 2.37. The van der Waals surface area contributed by atoms with Gasteiger partial charge < -0.3 is 5.11 Å². The number of hydrogen-bond donors (Lipinski definition) is 1. The summed E-state index contributed by atoms with van der Waals surface area (Å²) in [7, 11) is 0. The highest BCUT2D eigenvalue weighted by Gasteiger charge is 2.26. The van der Waals surface area contributed by atoms with Crippen LogP contribution in [0.25, 0.3) is 0 Å². The Morgan fingerprint density at radius 1 is 1.58 bits per heavy atom. The number of rotatable bonds is 1. The predicted octanol–water partition coefficient (Wildman–Crippen LogP) is 2.75. The van der Waals surface area contributed by atoms with Crippen LogP contribution < -0.4 is 0 Å². The lowest BCUT2D eigenvalue weighted by molar-refractivity contribution is 0.202. The lowest BCUT2D eigenvalue weighted by Crippen LogP contribution is -2.23. The van der Waals surface area contributed by atoms with Gasteiger partial charge in [0.1, 0.15) is 0 Å². The highest BCUT2D eigenvalue weighted by atomic mass is 16.3. The van der Waals surface area contributed by atoms with Gasteiger partial charge in [0.05, 0.1) is 6.10 Å². The Balaban J connectivity index is 2.85. The molecule has 0 aromatic rings. The fraction of sp³-hybridized carbons (Fsp3) is 0.818. The van der Waals surface area contributed by atoms with Crippen LogP contribution >= 0.6 is 0 Å². The van der Waals surface area contributed by atoms with Crippen molar-refractivity contribution >= 4 is 0 Å². The van der Waals surface area contributed by atoms with Crippen LogP contribution in [0, 0.1) is 11.3 Å². The highest BCUT2D eigenvalue weighted by molar-refractivity contribution is 5.17. The number of allylic oxidation sites excluding steroid dienone is 1. The normalized spacial score (nSPS) is 31.1. The molecule has 0 aromatic heterocycles. The van der Waals surface area contributed by atoms with E-state index in [9.17, 15) is 5.11 Å². The van der Waals surface area contributed by atoms with Crippen molar-refractivity contribution in [3.63, 3.8) is 0 Å². The summed E-state index contributed by atoms with van der Waals surface area (Å²) in [4.78, 5) is 0. The second-order valence-corrected chi connectivity index (χ2v) is 4.75. The Morgan fingerprint density at radius 2 is 2.17 bits per heavy atom. The third kappa shape index (κ3) is 2.10. The van der Waals surface area contributed by atoms with E-state index in [2.05, 4.69) is 26.8 Å². The zero-order valence-electron chi connectivity index (χ0n) is 8.59. The first kappa shape index (κ1) is 9.79. The molecule has 0 heterocycles. The molecule has 1 nitrogen and oxygen atoms in total. The van der Waals surface area contributed by atoms with E-state index in [-0.39, 0.29) is 6.10 Å². The van der Waals surface area contributed by atoms with Crippen molar-refractivity contribution in [3.8, 4) is 0 Å². The van der Waals surface area contributed by atoms with Crippen molar-refractivity contribution in [2.45, 2.75) is 46.6 Å². The van der Waals surface area contributed by atoms with Crippen LogP contribution in [0.5, 0.6) is 0 Å². The van der Waals surface area contributed by atoms with Gasteiger partial charge in [0.2, 0.25) is 0 Å². The molecular weight excluding hydrogens is 148 g/mol. The third-order valence-corrected chi connectivity index (χ3v) is 2.83. The Morgan fingerprint density at radius 3 is 2.58 bits per heavy atom. The van der Waals surface area contributed by atoms with Gasteiger partial charge in [-0.05, 0) is 36.7 Å². The largest absolute Gasteiger partial charge is 0.389 e. The molecule has 0 spiro atoms. The molecule has 0 aromatic carbocycles. The van der Waals surface area contributed by atoms with Crippen LogP contribution in [-0.4, -0.2) is 11.2 Å². The molecule has 0 bridgehead atoms. The second-order valence-electron chi connectivity index (χ2n) is 4.75. The van der Waals surface area contributed by atoms with E-state index in [0.29, 0.717) is 11.3 Å². The van der Waals surface area contributed by atoms with E-state index in [0.717, 1.165) is 0 Å². The predicted molar refractivity (Wildman–Crippen MR) is 51.9 cm³/mol. The monoisotopic (exact) mass is 168 g/mol.